The second-order valence-electron chi connectivity index (χ2n) is 10.0. The van der Waals surface area contributed by atoms with Crippen LogP contribution in [0.5, 0.6) is 5.75 Å². The molecule has 1 atom stereocenters. The molecule has 0 spiro atoms. The van der Waals surface area contributed by atoms with Crippen LogP contribution in [-0.2, 0) is 16.0 Å². The van der Waals surface area contributed by atoms with Crippen LogP contribution in [0.2, 0.25) is 5.02 Å². The molecule has 1 aliphatic heterocycles. The third-order valence-corrected chi connectivity index (χ3v) is 7.26. The minimum absolute atomic E-state index is 0.00454. The highest BCUT2D eigenvalue weighted by atomic mass is 35.5. The van der Waals surface area contributed by atoms with Crippen LogP contribution in [0.3, 0.4) is 0 Å². The van der Waals surface area contributed by atoms with Crippen molar-refractivity contribution in [1.82, 2.24) is 25.4 Å². The summed E-state index contributed by atoms with van der Waals surface area (Å²) in [6, 6.07) is 18.9. The topological polar surface area (TPSA) is 151 Å². The van der Waals surface area contributed by atoms with Gasteiger partial charge < -0.3 is 25.4 Å². The molecule has 0 fully saturated rings. The standard InChI is InChI=1S/C30H30BClN6O5/c1-18-36-37-30-25(17-28(40)34-13-12-33-27(39)15-19-4-3-5-21(14-19)31(41)42)35-29(20-6-8-22(32)9-7-20)24-16-23(43-2)10-11-26(24)38(18)30/h3-11,14,16,25,41-42H,12-13,15,17H2,1-2H3,(H,33,39)(H,34,40)/t25-/m0/s1. The second kappa shape index (κ2) is 13.2. The van der Waals surface area contributed by atoms with E-state index in [1.54, 1.807) is 43.5 Å². The molecule has 1 aliphatic rings. The largest absolute Gasteiger partial charge is 0.497 e. The van der Waals surface area contributed by atoms with E-state index in [4.69, 9.17) is 21.3 Å². The minimum Gasteiger partial charge on any atom is -0.497 e. The number of carbonyl (C=O) groups excluding carboxylic acids is 2. The Bertz CT molecular complexity index is 1670. The molecule has 43 heavy (non-hydrogen) atoms. The Morgan fingerprint density at radius 3 is 2.47 bits per heavy atom. The molecule has 0 aliphatic carbocycles. The lowest BCUT2D eigenvalue weighted by molar-refractivity contribution is -0.122. The predicted molar refractivity (Wildman–Crippen MR) is 163 cm³/mol. The number of aliphatic imine (C=N–C) groups is 1. The third-order valence-electron chi connectivity index (χ3n) is 7.01. The van der Waals surface area contributed by atoms with Crippen molar-refractivity contribution in [2.24, 2.45) is 4.99 Å². The highest BCUT2D eigenvalue weighted by Crippen LogP contribution is 2.34. The van der Waals surface area contributed by atoms with Gasteiger partial charge in [-0.3, -0.25) is 19.1 Å². The van der Waals surface area contributed by atoms with Crippen LogP contribution in [0.15, 0.2) is 71.7 Å². The van der Waals surface area contributed by atoms with Gasteiger partial charge in [-0.15, -0.1) is 10.2 Å². The highest BCUT2D eigenvalue weighted by Gasteiger charge is 2.30. The molecular weight excluding hydrogens is 571 g/mol. The molecule has 3 aromatic carbocycles. The van der Waals surface area contributed by atoms with Crippen molar-refractivity contribution in [1.29, 1.82) is 0 Å². The van der Waals surface area contributed by atoms with Gasteiger partial charge in [0.15, 0.2) is 5.82 Å². The van der Waals surface area contributed by atoms with Crippen molar-refractivity contribution in [3.05, 3.63) is 100 Å². The maximum absolute atomic E-state index is 13.1. The van der Waals surface area contributed by atoms with Crippen LogP contribution >= 0.6 is 11.6 Å². The van der Waals surface area contributed by atoms with E-state index >= 15 is 0 Å². The number of benzene rings is 3. The summed E-state index contributed by atoms with van der Waals surface area (Å²) in [5, 5.41) is 33.6. The Kier molecular flexibility index (Phi) is 9.20. The van der Waals surface area contributed by atoms with E-state index in [2.05, 4.69) is 20.8 Å². The van der Waals surface area contributed by atoms with Gasteiger partial charge in [-0.2, -0.15) is 0 Å². The lowest BCUT2D eigenvalue weighted by Crippen LogP contribution is -2.36. The number of nitrogens with one attached hydrogen (secondary N) is 2. The summed E-state index contributed by atoms with van der Waals surface area (Å²) in [5.74, 6) is 1.33. The Morgan fingerprint density at radius 1 is 1.00 bits per heavy atom. The molecule has 4 aromatic rings. The molecule has 0 saturated heterocycles. The molecule has 2 heterocycles. The van der Waals surface area contributed by atoms with Crippen LogP contribution in [0.25, 0.3) is 5.69 Å². The van der Waals surface area contributed by atoms with Gasteiger partial charge in [0, 0.05) is 29.2 Å². The van der Waals surface area contributed by atoms with Crippen molar-refractivity contribution in [3.8, 4) is 11.4 Å². The molecule has 2 amide bonds. The zero-order valence-electron chi connectivity index (χ0n) is 23.6. The first-order valence-corrected chi connectivity index (χ1v) is 14.0. The van der Waals surface area contributed by atoms with E-state index in [9.17, 15) is 19.6 Å². The molecule has 0 radical (unpaired) electrons. The number of halogens is 1. The summed E-state index contributed by atoms with van der Waals surface area (Å²) in [5.41, 5.74) is 4.06. The summed E-state index contributed by atoms with van der Waals surface area (Å²) in [7, 11) is -0.00392. The Balaban J connectivity index is 1.30. The molecule has 5 rings (SSSR count). The number of aryl methyl sites for hydroxylation is 1. The minimum atomic E-state index is -1.60. The van der Waals surface area contributed by atoms with Crippen LogP contribution < -0.4 is 20.8 Å². The van der Waals surface area contributed by atoms with Gasteiger partial charge in [-0.1, -0.05) is 48.0 Å². The normalized spacial score (nSPS) is 13.7. The zero-order chi connectivity index (χ0) is 30.5. The fraction of sp³-hybridized carbons (Fsp3) is 0.233. The van der Waals surface area contributed by atoms with Gasteiger partial charge in [0.2, 0.25) is 11.8 Å². The van der Waals surface area contributed by atoms with Gasteiger partial charge >= 0.3 is 7.12 Å². The predicted octanol–water partition coefficient (Wildman–Crippen LogP) is 1.67. The van der Waals surface area contributed by atoms with Crippen molar-refractivity contribution < 1.29 is 24.4 Å². The molecule has 4 N–H and O–H groups in total. The Morgan fingerprint density at radius 2 is 1.74 bits per heavy atom. The Hall–Kier alpha value is -4.52. The fourth-order valence-electron chi connectivity index (χ4n) is 4.94. The van der Waals surface area contributed by atoms with E-state index in [-0.39, 0.29) is 37.7 Å². The first-order valence-electron chi connectivity index (χ1n) is 13.7. The number of hydrogen-bond donors (Lipinski definition) is 4. The van der Waals surface area contributed by atoms with Crippen molar-refractivity contribution in [2.45, 2.75) is 25.8 Å². The molecule has 11 nitrogen and oxygen atoms in total. The smallest absolute Gasteiger partial charge is 0.488 e. The quantitative estimate of drug-likeness (QED) is 0.160. The number of fused-ring (bicyclic) bond motifs is 3. The van der Waals surface area contributed by atoms with Gasteiger partial charge in [0.1, 0.15) is 17.6 Å². The number of amides is 2. The number of ether oxygens (including phenoxy) is 1. The summed E-state index contributed by atoms with van der Waals surface area (Å²) in [4.78, 5) is 30.5. The molecule has 0 unspecified atom stereocenters. The number of rotatable bonds is 10. The van der Waals surface area contributed by atoms with Crippen molar-refractivity contribution >= 4 is 41.7 Å². The number of hydrogen-bond acceptors (Lipinski definition) is 8. The van der Waals surface area contributed by atoms with Crippen LogP contribution in [0, 0.1) is 6.92 Å². The molecule has 0 saturated carbocycles. The molecule has 13 heteroatoms. The third kappa shape index (κ3) is 6.94. The molecule has 220 valence electrons. The number of carbonyl (C=O) groups is 2. The maximum Gasteiger partial charge on any atom is 0.488 e. The van der Waals surface area contributed by atoms with Crippen molar-refractivity contribution in [3.63, 3.8) is 0 Å². The van der Waals surface area contributed by atoms with Gasteiger partial charge in [-0.25, -0.2) is 0 Å². The van der Waals surface area contributed by atoms with E-state index in [0.717, 1.165) is 16.8 Å². The van der Waals surface area contributed by atoms with Gasteiger partial charge in [-0.05, 0) is 48.3 Å². The average molecular weight is 601 g/mol. The summed E-state index contributed by atoms with van der Waals surface area (Å²) in [6.07, 6.45) is 0.0731. The molecule has 0 bridgehead atoms. The Labute approximate surface area is 253 Å². The summed E-state index contributed by atoms with van der Waals surface area (Å²) >= 11 is 6.16. The van der Waals surface area contributed by atoms with E-state index in [1.165, 1.54) is 0 Å². The maximum atomic E-state index is 13.1. The van der Waals surface area contributed by atoms with E-state index < -0.39 is 13.2 Å². The highest BCUT2D eigenvalue weighted by molar-refractivity contribution is 6.58. The SMILES string of the molecule is COc1ccc2c(c1)C(c1ccc(Cl)cc1)=N[C@@H](CC(=O)NCCNC(=O)Cc1cccc(B(O)O)c1)c1nnc(C)n1-2. The van der Waals surface area contributed by atoms with Crippen LogP contribution in [-0.4, -0.2) is 69.7 Å². The first kappa shape index (κ1) is 30.0. The number of methoxy groups -OCH3 is 1. The lowest BCUT2D eigenvalue weighted by atomic mass is 9.79. The number of aromatic nitrogens is 3. The monoisotopic (exact) mass is 600 g/mol. The van der Waals surface area contributed by atoms with E-state index in [1.807, 2.05) is 41.8 Å². The van der Waals surface area contributed by atoms with Crippen molar-refractivity contribution in [2.75, 3.05) is 20.2 Å². The zero-order valence-corrected chi connectivity index (χ0v) is 24.4. The fourth-order valence-corrected chi connectivity index (χ4v) is 5.07. The van der Waals surface area contributed by atoms with Crippen LogP contribution in [0.1, 0.15) is 40.8 Å². The molecule has 1 aromatic heterocycles. The van der Waals surface area contributed by atoms with Gasteiger partial charge in [0.25, 0.3) is 0 Å². The molecular formula is C30H30BClN6O5. The lowest BCUT2D eigenvalue weighted by Gasteiger charge is -2.14. The summed E-state index contributed by atoms with van der Waals surface area (Å²) in [6.45, 7) is 2.28. The van der Waals surface area contributed by atoms with E-state index in [0.29, 0.717) is 39.2 Å². The second-order valence-corrected chi connectivity index (χ2v) is 10.5. The summed E-state index contributed by atoms with van der Waals surface area (Å²) < 4.78 is 7.41. The van der Waals surface area contributed by atoms with Crippen LogP contribution in [0.4, 0.5) is 0 Å². The number of nitrogens with zero attached hydrogens (tertiary/aromatic N) is 4. The average Bonchev–Trinajstić information content (AvgIpc) is 3.32. The van der Waals surface area contributed by atoms with Gasteiger partial charge in [0.05, 0.1) is 31.4 Å². The first-order chi connectivity index (χ1) is 20.7.